The van der Waals surface area contributed by atoms with Crippen LogP contribution in [0.2, 0.25) is 0 Å². The van der Waals surface area contributed by atoms with Crippen LogP contribution in [-0.2, 0) is 6.42 Å². The van der Waals surface area contributed by atoms with Gasteiger partial charge in [0.15, 0.2) is 0 Å². The van der Waals surface area contributed by atoms with Crippen LogP contribution in [0.15, 0.2) is 36.4 Å². The number of nitrogens with one attached hydrogen (secondary N) is 1. The molecule has 24 heavy (non-hydrogen) atoms. The minimum atomic E-state index is 0.599. The van der Waals surface area contributed by atoms with Crippen molar-refractivity contribution in [1.29, 1.82) is 0 Å². The smallest absolute Gasteiger partial charge is 0.130 e. The van der Waals surface area contributed by atoms with E-state index in [4.69, 9.17) is 4.98 Å². The average Bonchev–Trinajstić information content (AvgIpc) is 3.10. The molecule has 0 saturated heterocycles. The van der Waals surface area contributed by atoms with Crippen molar-refractivity contribution >= 4 is 5.82 Å². The average molecular weight is 322 g/mol. The Labute approximate surface area is 146 Å². The molecule has 0 radical (unpaired) electrons. The van der Waals surface area contributed by atoms with Crippen LogP contribution in [0.3, 0.4) is 0 Å². The van der Waals surface area contributed by atoms with Gasteiger partial charge in [-0.1, -0.05) is 69.0 Å². The molecule has 2 heteroatoms. The third-order valence-electron chi connectivity index (χ3n) is 5.29. The van der Waals surface area contributed by atoms with Gasteiger partial charge in [-0.3, -0.25) is 0 Å². The lowest BCUT2D eigenvalue weighted by molar-refractivity contribution is 0.559. The molecule has 1 N–H and O–H groups in total. The molecule has 1 heterocycles. The molecule has 0 amide bonds. The molecule has 2 aromatic rings. The maximum Gasteiger partial charge on any atom is 0.130 e. The van der Waals surface area contributed by atoms with Gasteiger partial charge in [-0.2, -0.15) is 0 Å². The van der Waals surface area contributed by atoms with Gasteiger partial charge in [0.05, 0.1) is 5.69 Å². The molecule has 1 atom stereocenters. The summed E-state index contributed by atoms with van der Waals surface area (Å²) in [6.45, 7) is 6.72. The van der Waals surface area contributed by atoms with E-state index in [1.165, 1.54) is 48.8 Å². The highest BCUT2D eigenvalue weighted by molar-refractivity contribution is 5.63. The molecule has 0 bridgehead atoms. The van der Waals surface area contributed by atoms with Crippen LogP contribution in [-0.4, -0.2) is 11.0 Å². The molecular formula is C22H30N2. The van der Waals surface area contributed by atoms with Crippen molar-refractivity contribution in [2.24, 2.45) is 5.92 Å². The Balaban J connectivity index is 1.89. The fourth-order valence-electron chi connectivity index (χ4n) is 3.45. The van der Waals surface area contributed by atoms with Crippen molar-refractivity contribution < 1.29 is 0 Å². The van der Waals surface area contributed by atoms with Gasteiger partial charge in [-0.05, 0) is 43.7 Å². The van der Waals surface area contributed by atoms with Gasteiger partial charge in [0.25, 0.3) is 0 Å². The Morgan fingerprint density at radius 3 is 2.46 bits per heavy atom. The molecule has 1 aromatic carbocycles. The Morgan fingerprint density at radius 2 is 1.79 bits per heavy atom. The molecule has 1 aliphatic carbocycles. The van der Waals surface area contributed by atoms with Crippen molar-refractivity contribution in [3.63, 3.8) is 0 Å². The molecule has 1 aliphatic rings. The summed E-state index contributed by atoms with van der Waals surface area (Å²) < 4.78 is 0. The van der Waals surface area contributed by atoms with Crippen LogP contribution in [0, 0.1) is 12.8 Å². The molecule has 1 unspecified atom stereocenters. The van der Waals surface area contributed by atoms with Crippen LogP contribution in [0.5, 0.6) is 0 Å². The van der Waals surface area contributed by atoms with Crippen LogP contribution >= 0.6 is 0 Å². The first kappa shape index (κ1) is 17.0. The monoisotopic (exact) mass is 322 g/mol. The number of rotatable bonds is 6. The Kier molecular flexibility index (Phi) is 5.55. The Hall–Kier alpha value is -1.83. The highest BCUT2D eigenvalue weighted by atomic mass is 15.0. The highest BCUT2D eigenvalue weighted by Gasteiger charge is 2.18. The van der Waals surface area contributed by atoms with Crippen molar-refractivity contribution in [3.8, 4) is 11.3 Å². The molecule has 1 aromatic heterocycles. The summed E-state index contributed by atoms with van der Waals surface area (Å²) in [4.78, 5) is 5.01. The van der Waals surface area contributed by atoms with Gasteiger partial charge in [-0.15, -0.1) is 0 Å². The maximum atomic E-state index is 5.01. The van der Waals surface area contributed by atoms with E-state index in [2.05, 4.69) is 62.5 Å². The minimum Gasteiger partial charge on any atom is -0.367 e. The van der Waals surface area contributed by atoms with Crippen LogP contribution in [0.4, 0.5) is 5.82 Å². The summed E-state index contributed by atoms with van der Waals surface area (Å²) in [6.07, 6.45) is 7.56. The van der Waals surface area contributed by atoms with Crippen molar-refractivity contribution in [3.05, 3.63) is 47.5 Å². The predicted molar refractivity (Wildman–Crippen MR) is 103 cm³/mol. The van der Waals surface area contributed by atoms with Crippen molar-refractivity contribution in [2.75, 3.05) is 5.32 Å². The van der Waals surface area contributed by atoms with Gasteiger partial charge < -0.3 is 5.32 Å². The predicted octanol–water partition coefficient (Wildman–Crippen LogP) is 6.00. The number of hydrogen-bond donors (Lipinski definition) is 1. The number of anilines is 1. The third-order valence-corrected chi connectivity index (χ3v) is 5.29. The molecule has 1 saturated carbocycles. The Morgan fingerprint density at radius 1 is 1.08 bits per heavy atom. The first-order valence-electron chi connectivity index (χ1n) is 9.49. The van der Waals surface area contributed by atoms with E-state index in [1.807, 2.05) is 0 Å². The number of aryl methyl sites for hydroxylation is 1. The van der Waals surface area contributed by atoms with Crippen LogP contribution < -0.4 is 5.32 Å². The maximum absolute atomic E-state index is 5.01. The van der Waals surface area contributed by atoms with E-state index in [0.29, 0.717) is 12.0 Å². The molecule has 3 rings (SSSR count). The Bertz CT molecular complexity index is 654. The van der Waals surface area contributed by atoms with Gasteiger partial charge in [0, 0.05) is 11.6 Å². The molecule has 1 fully saturated rings. The number of pyridine rings is 1. The lowest BCUT2D eigenvalue weighted by atomic mass is 9.98. The highest BCUT2D eigenvalue weighted by Crippen LogP contribution is 2.28. The van der Waals surface area contributed by atoms with Crippen molar-refractivity contribution in [1.82, 2.24) is 4.98 Å². The summed E-state index contributed by atoms with van der Waals surface area (Å²) in [6, 6.07) is 13.7. The van der Waals surface area contributed by atoms with Gasteiger partial charge >= 0.3 is 0 Å². The normalized spacial score (nSPS) is 16.3. The summed E-state index contributed by atoms with van der Waals surface area (Å²) in [5, 5.41) is 3.75. The van der Waals surface area contributed by atoms with Gasteiger partial charge in [0.2, 0.25) is 0 Å². The van der Waals surface area contributed by atoms with E-state index in [-0.39, 0.29) is 0 Å². The minimum absolute atomic E-state index is 0.599. The summed E-state index contributed by atoms with van der Waals surface area (Å²) in [7, 11) is 0. The zero-order valence-corrected chi connectivity index (χ0v) is 15.3. The van der Waals surface area contributed by atoms with E-state index < -0.39 is 0 Å². The molecule has 0 spiro atoms. The largest absolute Gasteiger partial charge is 0.367 e. The second-order valence-corrected chi connectivity index (χ2v) is 7.41. The number of benzene rings is 1. The molecule has 0 aliphatic heterocycles. The summed E-state index contributed by atoms with van der Waals surface area (Å²) >= 11 is 0. The van der Waals surface area contributed by atoms with Crippen LogP contribution in [0.1, 0.15) is 57.1 Å². The third kappa shape index (κ3) is 4.17. The number of hydrogen-bond acceptors (Lipinski definition) is 2. The van der Waals surface area contributed by atoms with E-state index >= 15 is 0 Å². The van der Waals surface area contributed by atoms with E-state index in [1.54, 1.807) is 0 Å². The molecule has 128 valence electrons. The fourth-order valence-corrected chi connectivity index (χ4v) is 3.45. The van der Waals surface area contributed by atoms with Crippen molar-refractivity contribution in [2.45, 2.75) is 65.3 Å². The summed E-state index contributed by atoms with van der Waals surface area (Å²) in [5.74, 6) is 1.81. The topological polar surface area (TPSA) is 24.9 Å². The first-order chi connectivity index (χ1) is 11.7. The van der Waals surface area contributed by atoms with E-state index in [9.17, 15) is 0 Å². The van der Waals surface area contributed by atoms with Gasteiger partial charge in [0.1, 0.15) is 5.82 Å². The molecule has 2 nitrogen and oxygen atoms in total. The lowest BCUT2D eigenvalue weighted by Gasteiger charge is -2.19. The summed E-state index contributed by atoms with van der Waals surface area (Å²) in [5.41, 5.74) is 4.93. The fraction of sp³-hybridized carbons (Fsp3) is 0.500. The standard InChI is InChI=1S/C22H30N2/c1-4-16(2)15-19-13-14-21(18-11-9-17(3)10-12-18)24-22(19)23-20-7-5-6-8-20/h9-14,16,20H,4-8,15H2,1-3H3,(H,23,24). The van der Waals surface area contributed by atoms with Gasteiger partial charge in [-0.25, -0.2) is 4.98 Å². The number of aromatic nitrogens is 1. The zero-order chi connectivity index (χ0) is 16.9. The molecular weight excluding hydrogens is 292 g/mol. The first-order valence-corrected chi connectivity index (χ1v) is 9.49. The zero-order valence-electron chi connectivity index (χ0n) is 15.3. The second kappa shape index (κ2) is 7.83. The lowest BCUT2D eigenvalue weighted by Crippen LogP contribution is -2.17. The van der Waals surface area contributed by atoms with Crippen LogP contribution in [0.25, 0.3) is 11.3 Å². The SMILES string of the molecule is CCC(C)Cc1ccc(-c2ccc(C)cc2)nc1NC1CCCC1. The van der Waals surface area contributed by atoms with E-state index in [0.717, 1.165) is 17.9 Å². The second-order valence-electron chi connectivity index (χ2n) is 7.41. The quantitative estimate of drug-likeness (QED) is 0.705. The number of nitrogens with zero attached hydrogens (tertiary/aromatic N) is 1.